The molecular weight excluding hydrogens is 378 g/mol. The molecule has 6 nitrogen and oxygen atoms in total. The van der Waals surface area contributed by atoms with Gasteiger partial charge in [0.15, 0.2) is 0 Å². The van der Waals surface area contributed by atoms with Gasteiger partial charge in [-0.15, -0.1) is 0 Å². The van der Waals surface area contributed by atoms with E-state index in [4.69, 9.17) is 9.73 Å². The number of pyridine rings is 1. The molecule has 6 heteroatoms. The Morgan fingerprint density at radius 3 is 2.70 bits per heavy atom. The molecule has 4 rings (SSSR count). The highest BCUT2D eigenvalue weighted by Gasteiger charge is 2.44. The summed E-state index contributed by atoms with van der Waals surface area (Å²) in [5, 5.41) is 2.87. The van der Waals surface area contributed by atoms with E-state index in [2.05, 4.69) is 17.2 Å². The molecule has 1 aromatic heterocycles. The number of rotatable bonds is 4. The van der Waals surface area contributed by atoms with Gasteiger partial charge in [-0.1, -0.05) is 25.1 Å². The lowest BCUT2D eigenvalue weighted by atomic mass is 9.67. The fourth-order valence-corrected chi connectivity index (χ4v) is 4.49. The number of methoxy groups -OCH3 is 1. The van der Waals surface area contributed by atoms with E-state index < -0.39 is 11.8 Å². The minimum atomic E-state index is -0.429. The first-order valence-corrected chi connectivity index (χ1v) is 10.1. The molecular formula is C24H25N3O3. The van der Waals surface area contributed by atoms with Gasteiger partial charge in [-0.05, 0) is 49.1 Å². The highest BCUT2D eigenvalue weighted by molar-refractivity contribution is 6.14. The van der Waals surface area contributed by atoms with E-state index in [0.717, 1.165) is 17.7 Å². The summed E-state index contributed by atoms with van der Waals surface area (Å²) < 4.78 is 5.40. The van der Waals surface area contributed by atoms with E-state index in [-0.39, 0.29) is 17.6 Å². The Labute approximate surface area is 176 Å². The van der Waals surface area contributed by atoms with Gasteiger partial charge in [-0.2, -0.15) is 0 Å². The van der Waals surface area contributed by atoms with Crippen LogP contribution in [0, 0.1) is 11.8 Å². The standard InChI is InChI=1S/C24H25N3O3/c1-14-11-18-23(19(28)12-14)22(16-7-6-8-17(13-16)30-3)21(15(2)26-18)24(29)27-20-9-4-5-10-25-20/h4-10,13-14,22-23H,11-12H2,1-3H3,(H,25,27,29)/t14-,22+,23?/m1/s1. The number of aromatic nitrogens is 1. The second kappa shape index (κ2) is 8.22. The van der Waals surface area contributed by atoms with E-state index >= 15 is 0 Å². The summed E-state index contributed by atoms with van der Waals surface area (Å²) in [6, 6.07) is 12.9. The molecule has 0 spiro atoms. The number of benzene rings is 1. The highest BCUT2D eigenvalue weighted by atomic mass is 16.5. The topological polar surface area (TPSA) is 80.7 Å². The fraction of sp³-hybridized carbons (Fsp3) is 0.333. The van der Waals surface area contributed by atoms with Gasteiger partial charge >= 0.3 is 0 Å². The van der Waals surface area contributed by atoms with Crippen LogP contribution >= 0.6 is 0 Å². The third kappa shape index (κ3) is 3.77. The van der Waals surface area contributed by atoms with Crippen molar-refractivity contribution in [2.24, 2.45) is 16.8 Å². The van der Waals surface area contributed by atoms with Crippen molar-refractivity contribution >= 4 is 23.2 Å². The van der Waals surface area contributed by atoms with E-state index in [9.17, 15) is 9.59 Å². The summed E-state index contributed by atoms with van der Waals surface area (Å²) in [4.78, 5) is 35.4. The SMILES string of the molecule is COc1cccc([C@H]2C(C(=O)Nc3ccccn3)=C(C)N=C3C[C@@H](C)CC(=O)C32)c1. The van der Waals surface area contributed by atoms with Gasteiger partial charge in [0.25, 0.3) is 5.91 Å². The maximum absolute atomic E-state index is 13.3. The lowest BCUT2D eigenvalue weighted by Gasteiger charge is -2.37. The predicted molar refractivity (Wildman–Crippen MR) is 116 cm³/mol. The van der Waals surface area contributed by atoms with Crippen LogP contribution in [0.25, 0.3) is 0 Å². The lowest BCUT2D eigenvalue weighted by Crippen LogP contribution is -2.41. The quantitative estimate of drug-likeness (QED) is 0.831. The summed E-state index contributed by atoms with van der Waals surface area (Å²) in [7, 11) is 1.61. The van der Waals surface area contributed by atoms with Crippen molar-refractivity contribution in [2.45, 2.75) is 32.6 Å². The van der Waals surface area contributed by atoms with Gasteiger partial charge in [-0.25, -0.2) is 4.98 Å². The average Bonchev–Trinajstić information content (AvgIpc) is 2.73. The molecule has 1 unspecified atom stereocenters. The first-order valence-electron chi connectivity index (χ1n) is 10.1. The molecule has 0 radical (unpaired) electrons. The van der Waals surface area contributed by atoms with Crippen molar-refractivity contribution in [3.63, 3.8) is 0 Å². The number of nitrogens with one attached hydrogen (secondary N) is 1. The normalized spacial score (nSPS) is 23.5. The zero-order chi connectivity index (χ0) is 21.3. The lowest BCUT2D eigenvalue weighted by molar-refractivity contribution is -0.123. The predicted octanol–water partition coefficient (Wildman–Crippen LogP) is 4.16. The van der Waals surface area contributed by atoms with Crippen LogP contribution in [0.3, 0.4) is 0 Å². The molecule has 1 aromatic carbocycles. The smallest absolute Gasteiger partial charge is 0.255 e. The Hall–Kier alpha value is -3.28. The largest absolute Gasteiger partial charge is 0.497 e. The first kappa shape index (κ1) is 20.0. The Bertz CT molecular complexity index is 1040. The Morgan fingerprint density at radius 1 is 1.13 bits per heavy atom. The van der Waals surface area contributed by atoms with E-state index in [1.54, 1.807) is 25.4 Å². The zero-order valence-corrected chi connectivity index (χ0v) is 17.4. The number of aliphatic imine (C=N–C) groups is 1. The van der Waals surface area contributed by atoms with Gasteiger partial charge in [0.1, 0.15) is 17.4 Å². The summed E-state index contributed by atoms with van der Waals surface area (Å²) >= 11 is 0. The molecule has 1 aliphatic heterocycles. The van der Waals surface area contributed by atoms with E-state index in [0.29, 0.717) is 29.3 Å². The van der Waals surface area contributed by atoms with Gasteiger partial charge in [0, 0.05) is 35.5 Å². The molecule has 154 valence electrons. The molecule has 2 heterocycles. The molecule has 1 aliphatic carbocycles. The molecule has 1 amide bonds. The monoisotopic (exact) mass is 403 g/mol. The van der Waals surface area contributed by atoms with Gasteiger partial charge in [0.05, 0.1) is 13.0 Å². The van der Waals surface area contributed by atoms with Crippen molar-refractivity contribution in [1.29, 1.82) is 0 Å². The fourth-order valence-electron chi connectivity index (χ4n) is 4.49. The van der Waals surface area contributed by atoms with Crippen LogP contribution in [0.2, 0.25) is 0 Å². The summed E-state index contributed by atoms with van der Waals surface area (Å²) in [5.74, 6) is 0.429. The first-order chi connectivity index (χ1) is 14.5. The van der Waals surface area contributed by atoms with Crippen LogP contribution < -0.4 is 10.1 Å². The Morgan fingerprint density at radius 2 is 1.97 bits per heavy atom. The molecule has 1 fully saturated rings. The number of allylic oxidation sites excluding steroid dienone is 1. The van der Waals surface area contributed by atoms with Crippen molar-refractivity contribution in [2.75, 3.05) is 12.4 Å². The molecule has 0 saturated heterocycles. The van der Waals surface area contributed by atoms with Crippen LogP contribution in [0.4, 0.5) is 5.82 Å². The molecule has 30 heavy (non-hydrogen) atoms. The number of anilines is 1. The second-order valence-corrected chi connectivity index (χ2v) is 7.98. The van der Waals surface area contributed by atoms with Crippen molar-refractivity contribution in [3.05, 3.63) is 65.5 Å². The number of amides is 1. The summed E-state index contributed by atoms with van der Waals surface area (Å²) in [6.07, 6.45) is 2.89. The van der Waals surface area contributed by atoms with Crippen molar-refractivity contribution in [1.82, 2.24) is 4.98 Å². The van der Waals surface area contributed by atoms with Gasteiger partial charge < -0.3 is 10.1 Å². The highest BCUT2D eigenvalue weighted by Crippen LogP contribution is 2.44. The zero-order valence-electron chi connectivity index (χ0n) is 17.4. The van der Waals surface area contributed by atoms with Crippen molar-refractivity contribution < 1.29 is 14.3 Å². The maximum Gasteiger partial charge on any atom is 0.255 e. The average molecular weight is 403 g/mol. The minimum Gasteiger partial charge on any atom is -0.497 e. The molecule has 3 atom stereocenters. The number of ether oxygens (including phenoxy) is 1. The number of carbonyl (C=O) groups is 2. The number of carbonyl (C=O) groups excluding carboxylic acids is 2. The number of hydrogen-bond acceptors (Lipinski definition) is 5. The molecule has 2 aromatic rings. The molecule has 0 bridgehead atoms. The molecule has 1 N–H and O–H groups in total. The maximum atomic E-state index is 13.3. The number of nitrogens with zero attached hydrogens (tertiary/aromatic N) is 2. The third-order valence-electron chi connectivity index (χ3n) is 5.76. The van der Waals surface area contributed by atoms with Crippen LogP contribution in [-0.2, 0) is 9.59 Å². The number of fused-ring (bicyclic) bond motifs is 1. The van der Waals surface area contributed by atoms with Gasteiger partial charge in [0.2, 0.25) is 0 Å². The minimum absolute atomic E-state index is 0.135. The van der Waals surface area contributed by atoms with Crippen LogP contribution in [0.1, 0.15) is 38.2 Å². The Balaban J connectivity index is 1.81. The number of ketones is 1. The van der Waals surface area contributed by atoms with Crippen LogP contribution in [0.5, 0.6) is 5.75 Å². The number of hydrogen-bond donors (Lipinski definition) is 1. The van der Waals surface area contributed by atoms with E-state index in [1.165, 1.54) is 0 Å². The third-order valence-corrected chi connectivity index (χ3v) is 5.76. The van der Waals surface area contributed by atoms with Crippen LogP contribution in [-0.4, -0.2) is 29.5 Å². The van der Waals surface area contributed by atoms with E-state index in [1.807, 2.05) is 37.3 Å². The van der Waals surface area contributed by atoms with Crippen LogP contribution in [0.15, 0.2) is 64.9 Å². The van der Waals surface area contributed by atoms with Gasteiger partial charge in [-0.3, -0.25) is 14.6 Å². The second-order valence-electron chi connectivity index (χ2n) is 7.98. The Kier molecular flexibility index (Phi) is 5.48. The summed E-state index contributed by atoms with van der Waals surface area (Å²) in [5.41, 5.74) is 2.90. The number of Topliss-reactive ketones (excluding diaryl/α,β-unsaturated/α-hetero) is 1. The van der Waals surface area contributed by atoms with Crippen molar-refractivity contribution in [3.8, 4) is 5.75 Å². The summed E-state index contributed by atoms with van der Waals surface area (Å²) in [6.45, 7) is 3.91. The molecule has 1 saturated carbocycles. The molecule has 2 aliphatic rings.